The fourth-order valence-corrected chi connectivity index (χ4v) is 4.40. The molecule has 0 aliphatic carbocycles. The maximum Gasteiger partial charge on any atom is 0.308 e. The molecule has 0 saturated carbocycles. The molecule has 2 N–H and O–H groups in total. The lowest BCUT2D eigenvalue weighted by Crippen LogP contribution is -2.24. The summed E-state index contributed by atoms with van der Waals surface area (Å²) in [6.45, 7) is 1.06. The number of rotatable bonds is 6. The zero-order valence-electron chi connectivity index (χ0n) is 18.4. The van der Waals surface area contributed by atoms with Gasteiger partial charge in [-0.25, -0.2) is 18.7 Å². The highest BCUT2D eigenvalue weighted by atomic mass is 35.5. The lowest BCUT2D eigenvalue weighted by atomic mass is 10.0. The Balaban J connectivity index is 1.46. The second-order valence-corrected chi connectivity index (χ2v) is 8.72. The molecule has 1 fully saturated rings. The van der Waals surface area contributed by atoms with Gasteiger partial charge in [-0.3, -0.25) is 9.78 Å². The maximum absolute atomic E-state index is 15.0. The predicted molar refractivity (Wildman–Crippen MR) is 129 cm³/mol. The minimum absolute atomic E-state index is 0.184. The molecule has 0 radical (unpaired) electrons. The van der Waals surface area contributed by atoms with Gasteiger partial charge in [0, 0.05) is 66.4 Å². The van der Waals surface area contributed by atoms with E-state index in [1.807, 2.05) is 0 Å². The van der Waals surface area contributed by atoms with Gasteiger partial charge in [0.25, 0.3) is 0 Å². The van der Waals surface area contributed by atoms with Gasteiger partial charge < -0.3 is 15.3 Å². The summed E-state index contributed by atoms with van der Waals surface area (Å²) in [5, 5.41) is 13.2. The Morgan fingerprint density at radius 1 is 1.11 bits per heavy atom. The van der Waals surface area contributed by atoms with Crippen LogP contribution >= 0.6 is 11.6 Å². The number of aromatic nitrogens is 3. The number of nitrogens with zero attached hydrogens (tertiary/aromatic N) is 4. The van der Waals surface area contributed by atoms with Crippen molar-refractivity contribution in [3.8, 4) is 11.1 Å². The van der Waals surface area contributed by atoms with Crippen LogP contribution in [0.25, 0.3) is 22.0 Å². The number of anilines is 2. The Morgan fingerprint density at radius 2 is 1.89 bits per heavy atom. The molecule has 4 aromatic rings. The van der Waals surface area contributed by atoms with Gasteiger partial charge in [0.15, 0.2) is 0 Å². The van der Waals surface area contributed by atoms with Gasteiger partial charge in [-0.15, -0.1) is 0 Å². The van der Waals surface area contributed by atoms with Crippen molar-refractivity contribution in [3.05, 3.63) is 77.2 Å². The SMILES string of the molecule is O=C(O)C1CCN(c2ncc(-c3cc4c(NCc5ccccc5F)c(Cl)cnc4cc3F)cn2)C1. The first kappa shape index (κ1) is 22.9. The van der Waals surface area contributed by atoms with Crippen molar-refractivity contribution < 1.29 is 18.7 Å². The van der Waals surface area contributed by atoms with Crippen molar-refractivity contribution in [3.63, 3.8) is 0 Å². The first-order valence-electron chi connectivity index (χ1n) is 11.0. The summed E-state index contributed by atoms with van der Waals surface area (Å²) in [4.78, 5) is 25.9. The van der Waals surface area contributed by atoms with E-state index < -0.39 is 17.7 Å². The zero-order chi connectivity index (χ0) is 24.5. The van der Waals surface area contributed by atoms with E-state index in [0.29, 0.717) is 58.2 Å². The molecule has 1 aliphatic heterocycles. The van der Waals surface area contributed by atoms with E-state index in [4.69, 9.17) is 11.6 Å². The number of aliphatic carboxylic acids is 1. The Kier molecular flexibility index (Phi) is 6.17. The third-order valence-electron chi connectivity index (χ3n) is 6.09. The third-order valence-corrected chi connectivity index (χ3v) is 6.38. The molecule has 178 valence electrons. The van der Waals surface area contributed by atoms with Gasteiger partial charge >= 0.3 is 5.97 Å². The van der Waals surface area contributed by atoms with E-state index in [2.05, 4.69) is 20.3 Å². The van der Waals surface area contributed by atoms with E-state index in [1.54, 1.807) is 29.2 Å². The molecule has 0 bridgehead atoms. The number of carboxylic acids is 1. The number of hydrogen-bond acceptors (Lipinski definition) is 6. The molecule has 2 aromatic heterocycles. The summed E-state index contributed by atoms with van der Waals surface area (Å²) in [6, 6.07) is 9.33. The van der Waals surface area contributed by atoms with Gasteiger partial charge in [0.1, 0.15) is 11.6 Å². The minimum atomic E-state index is -0.839. The van der Waals surface area contributed by atoms with Crippen molar-refractivity contribution in [2.75, 3.05) is 23.3 Å². The molecule has 0 spiro atoms. The number of carbonyl (C=O) groups is 1. The second kappa shape index (κ2) is 9.42. The number of fused-ring (bicyclic) bond motifs is 1. The van der Waals surface area contributed by atoms with Gasteiger partial charge in [-0.2, -0.15) is 0 Å². The van der Waals surface area contributed by atoms with Gasteiger partial charge in [0.2, 0.25) is 5.95 Å². The molecule has 0 amide bonds. The molecule has 1 aliphatic rings. The Hall–Kier alpha value is -3.85. The molecule has 1 unspecified atom stereocenters. The van der Waals surface area contributed by atoms with Crippen molar-refractivity contribution in [1.29, 1.82) is 0 Å². The first-order valence-corrected chi connectivity index (χ1v) is 11.3. The van der Waals surface area contributed by atoms with Crippen LogP contribution in [0, 0.1) is 17.6 Å². The molecule has 1 saturated heterocycles. The van der Waals surface area contributed by atoms with Gasteiger partial charge in [-0.1, -0.05) is 29.8 Å². The highest BCUT2D eigenvalue weighted by Crippen LogP contribution is 2.35. The van der Waals surface area contributed by atoms with Crippen LogP contribution < -0.4 is 10.2 Å². The van der Waals surface area contributed by atoms with Crippen LogP contribution in [0.15, 0.2) is 55.0 Å². The quantitative estimate of drug-likeness (QED) is 0.382. The fraction of sp³-hybridized carbons (Fsp3) is 0.200. The first-order chi connectivity index (χ1) is 16.9. The van der Waals surface area contributed by atoms with Gasteiger partial charge in [-0.05, 0) is 18.6 Å². The number of benzene rings is 2. The van der Waals surface area contributed by atoms with Crippen LogP contribution in [0.3, 0.4) is 0 Å². The molecule has 3 heterocycles. The van der Waals surface area contributed by atoms with Crippen LogP contribution in [0.2, 0.25) is 5.02 Å². The van der Waals surface area contributed by atoms with Crippen molar-refractivity contribution in [2.45, 2.75) is 13.0 Å². The van der Waals surface area contributed by atoms with E-state index in [1.165, 1.54) is 30.7 Å². The number of pyridine rings is 1. The number of halogens is 3. The Morgan fingerprint density at radius 3 is 2.60 bits per heavy atom. The molecular formula is C25H20ClF2N5O2. The van der Waals surface area contributed by atoms with E-state index in [0.717, 1.165) is 0 Å². The van der Waals surface area contributed by atoms with Crippen LogP contribution in [-0.4, -0.2) is 39.1 Å². The van der Waals surface area contributed by atoms with E-state index in [9.17, 15) is 14.3 Å². The molecule has 1 atom stereocenters. The largest absolute Gasteiger partial charge is 0.481 e. The van der Waals surface area contributed by atoms with E-state index >= 15 is 4.39 Å². The second-order valence-electron chi connectivity index (χ2n) is 8.32. The zero-order valence-corrected chi connectivity index (χ0v) is 19.1. The summed E-state index contributed by atoms with van der Waals surface area (Å²) in [5.41, 5.74) is 2.07. The van der Waals surface area contributed by atoms with Crippen LogP contribution in [-0.2, 0) is 11.3 Å². The molecule has 35 heavy (non-hydrogen) atoms. The van der Waals surface area contributed by atoms with Crippen molar-refractivity contribution in [2.24, 2.45) is 5.92 Å². The smallest absolute Gasteiger partial charge is 0.308 e. The standard InChI is InChI=1S/C25H20ClF2N5O2/c26-19-12-29-22-8-21(28)17(7-18(22)23(19)30-9-14-3-1-2-4-20(14)27)16-10-31-25(32-11-16)33-6-5-15(13-33)24(34)35/h1-4,7-8,10-12,15H,5-6,9,13H2,(H,29,30)(H,34,35). The van der Waals surface area contributed by atoms with Crippen molar-refractivity contribution >= 4 is 40.1 Å². The minimum Gasteiger partial charge on any atom is -0.481 e. The highest BCUT2D eigenvalue weighted by molar-refractivity contribution is 6.34. The molecule has 2 aromatic carbocycles. The third kappa shape index (κ3) is 4.59. The molecule has 7 nitrogen and oxygen atoms in total. The van der Waals surface area contributed by atoms with Crippen molar-refractivity contribution in [1.82, 2.24) is 15.0 Å². The average molecular weight is 496 g/mol. The topological polar surface area (TPSA) is 91.2 Å². The number of carboxylic acid groups (broad SMARTS) is 1. The molecule has 5 rings (SSSR count). The summed E-state index contributed by atoms with van der Waals surface area (Å²) in [7, 11) is 0. The summed E-state index contributed by atoms with van der Waals surface area (Å²) >= 11 is 6.39. The number of nitrogens with one attached hydrogen (secondary N) is 1. The summed E-state index contributed by atoms with van der Waals surface area (Å²) in [6.07, 6.45) is 4.96. The normalized spacial score (nSPS) is 15.5. The van der Waals surface area contributed by atoms with Crippen LogP contribution in [0.1, 0.15) is 12.0 Å². The highest BCUT2D eigenvalue weighted by Gasteiger charge is 2.29. The van der Waals surface area contributed by atoms with Crippen LogP contribution in [0.4, 0.5) is 20.4 Å². The Bertz CT molecular complexity index is 1420. The average Bonchev–Trinajstić information content (AvgIpc) is 3.35. The molecular weight excluding hydrogens is 476 g/mol. The number of hydrogen-bond donors (Lipinski definition) is 2. The monoisotopic (exact) mass is 495 g/mol. The van der Waals surface area contributed by atoms with E-state index in [-0.39, 0.29) is 17.9 Å². The predicted octanol–water partition coefficient (Wildman–Crippen LogP) is 5.15. The summed E-state index contributed by atoms with van der Waals surface area (Å²) in [5.74, 6) is -1.74. The Labute approximate surface area is 204 Å². The lowest BCUT2D eigenvalue weighted by Gasteiger charge is -2.16. The lowest BCUT2D eigenvalue weighted by molar-refractivity contribution is -0.140. The summed E-state index contributed by atoms with van der Waals surface area (Å²) < 4.78 is 29.1. The molecule has 10 heteroatoms. The van der Waals surface area contributed by atoms with Gasteiger partial charge in [0.05, 0.1) is 22.1 Å². The fourth-order valence-electron chi connectivity index (χ4n) is 4.18. The maximum atomic E-state index is 15.0. The van der Waals surface area contributed by atoms with Crippen LogP contribution in [0.5, 0.6) is 0 Å².